The highest BCUT2D eigenvalue weighted by Crippen LogP contribution is 2.16. The van der Waals surface area contributed by atoms with Crippen LogP contribution in [0, 0.1) is 31.1 Å². The Morgan fingerprint density at radius 2 is 2.13 bits per heavy atom. The molecule has 15 heavy (non-hydrogen) atoms. The van der Waals surface area contributed by atoms with Gasteiger partial charge in [0.15, 0.2) is 5.78 Å². The van der Waals surface area contributed by atoms with Gasteiger partial charge in [-0.15, -0.1) is 0 Å². The van der Waals surface area contributed by atoms with E-state index in [0.29, 0.717) is 12.0 Å². The summed E-state index contributed by atoms with van der Waals surface area (Å²) in [7, 11) is 0. The summed E-state index contributed by atoms with van der Waals surface area (Å²) in [5.41, 5.74) is 2.76. The van der Waals surface area contributed by atoms with Crippen molar-refractivity contribution >= 4 is 5.78 Å². The van der Waals surface area contributed by atoms with Crippen molar-refractivity contribution in [2.24, 2.45) is 5.92 Å². The number of carbonyl (C=O) groups excluding carboxylic acids is 1. The number of aryl methyl sites for hydroxylation is 2. The van der Waals surface area contributed by atoms with Crippen LogP contribution in [-0.2, 0) is 0 Å². The molecule has 0 N–H and O–H groups in total. The van der Waals surface area contributed by atoms with Crippen LogP contribution in [0.2, 0.25) is 0 Å². The maximum absolute atomic E-state index is 11.9. The van der Waals surface area contributed by atoms with E-state index in [1.807, 2.05) is 45.0 Å². The quantitative estimate of drug-likeness (QED) is 0.705. The summed E-state index contributed by atoms with van der Waals surface area (Å²) in [5, 5.41) is 8.83. The minimum Gasteiger partial charge on any atom is -0.293 e. The van der Waals surface area contributed by atoms with Gasteiger partial charge in [-0.2, -0.15) is 5.26 Å². The van der Waals surface area contributed by atoms with Crippen molar-refractivity contribution in [2.75, 3.05) is 0 Å². The number of benzene rings is 1. The number of hydrogen-bond acceptors (Lipinski definition) is 2. The predicted molar refractivity (Wildman–Crippen MR) is 59.6 cm³/mol. The molecule has 1 atom stereocenters. The molecule has 0 bridgehead atoms. The summed E-state index contributed by atoms with van der Waals surface area (Å²) in [6.07, 6.45) is 0.572. The molecule has 2 heteroatoms. The third-order valence-corrected chi connectivity index (χ3v) is 2.53. The zero-order valence-electron chi connectivity index (χ0n) is 9.37. The van der Waals surface area contributed by atoms with Gasteiger partial charge in [-0.25, -0.2) is 0 Å². The number of rotatable bonds is 3. The SMILES string of the molecule is CCC(C#N)C(=O)c1ccc(C)cc1C. The fraction of sp³-hybridized carbons (Fsp3) is 0.385. The Balaban J connectivity index is 3.07. The van der Waals surface area contributed by atoms with Gasteiger partial charge in [0.1, 0.15) is 5.92 Å². The van der Waals surface area contributed by atoms with Crippen molar-refractivity contribution in [1.82, 2.24) is 0 Å². The molecule has 0 radical (unpaired) electrons. The van der Waals surface area contributed by atoms with E-state index in [1.54, 1.807) is 0 Å². The predicted octanol–water partition coefficient (Wildman–Crippen LogP) is 3.04. The highest BCUT2D eigenvalue weighted by Gasteiger charge is 2.18. The average molecular weight is 201 g/mol. The van der Waals surface area contributed by atoms with E-state index in [4.69, 9.17) is 5.26 Å². The Labute approximate surface area is 90.5 Å². The van der Waals surface area contributed by atoms with Crippen molar-refractivity contribution < 1.29 is 4.79 Å². The Morgan fingerprint density at radius 1 is 1.47 bits per heavy atom. The second-order valence-electron chi connectivity index (χ2n) is 3.77. The van der Waals surface area contributed by atoms with E-state index in [0.717, 1.165) is 11.1 Å². The first-order chi connectivity index (χ1) is 7.10. The second kappa shape index (κ2) is 4.75. The second-order valence-corrected chi connectivity index (χ2v) is 3.77. The lowest BCUT2D eigenvalue weighted by molar-refractivity contribution is 0.0946. The standard InChI is InChI=1S/C13H15NO/c1-4-11(8-14)13(15)12-6-5-9(2)7-10(12)3/h5-7,11H,4H2,1-3H3. The highest BCUT2D eigenvalue weighted by atomic mass is 16.1. The number of ketones is 1. The fourth-order valence-electron chi connectivity index (χ4n) is 1.61. The van der Waals surface area contributed by atoms with E-state index < -0.39 is 5.92 Å². The normalized spacial score (nSPS) is 11.9. The summed E-state index contributed by atoms with van der Waals surface area (Å²) in [6.45, 7) is 5.75. The lowest BCUT2D eigenvalue weighted by Gasteiger charge is -2.08. The van der Waals surface area contributed by atoms with Crippen LogP contribution >= 0.6 is 0 Å². The molecule has 2 nitrogen and oxygen atoms in total. The maximum Gasteiger partial charge on any atom is 0.180 e. The third kappa shape index (κ3) is 2.44. The highest BCUT2D eigenvalue weighted by molar-refractivity contribution is 6.00. The van der Waals surface area contributed by atoms with E-state index in [2.05, 4.69) is 0 Å². The first-order valence-electron chi connectivity index (χ1n) is 5.11. The minimum atomic E-state index is -0.508. The first kappa shape index (κ1) is 11.5. The van der Waals surface area contributed by atoms with Crippen LogP contribution in [0.4, 0.5) is 0 Å². The van der Waals surface area contributed by atoms with Crippen molar-refractivity contribution in [3.8, 4) is 6.07 Å². The molecule has 78 valence electrons. The van der Waals surface area contributed by atoms with Crippen LogP contribution in [0.1, 0.15) is 34.8 Å². The number of nitrogens with zero attached hydrogens (tertiary/aromatic N) is 1. The van der Waals surface area contributed by atoms with Gasteiger partial charge in [-0.05, 0) is 25.8 Å². The molecule has 0 amide bonds. The molecule has 0 aliphatic carbocycles. The van der Waals surface area contributed by atoms with E-state index in [-0.39, 0.29) is 5.78 Å². The molecule has 0 aromatic heterocycles. The van der Waals surface area contributed by atoms with Crippen molar-refractivity contribution in [2.45, 2.75) is 27.2 Å². The Hall–Kier alpha value is -1.62. The summed E-state index contributed by atoms with van der Waals surface area (Å²) in [4.78, 5) is 11.9. The Bertz CT molecular complexity index is 415. The van der Waals surface area contributed by atoms with Crippen LogP contribution in [0.15, 0.2) is 18.2 Å². The smallest absolute Gasteiger partial charge is 0.180 e. The lowest BCUT2D eigenvalue weighted by atomic mass is 9.93. The molecular weight excluding hydrogens is 186 g/mol. The van der Waals surface area contributed by atoms with Gasteiger partial charge in [0.05, 0.1) is 6.07 Å². The van der Waals surface area contributed by atoms with Crippen LogP contribution < -0.4 is 0 Å². The van der Waals surface area contributed by atoms with E-state index >= 15 is 0 Å². The van der Waals surface area contributed by atoms with Gasteiger partial charge in [0.25, 0.3) is 0 Å². The van der Waals surface area contributed by atoms with Gasteiger partial charge in [0, 0.05) is 5.56 Å². The van der Waals surface area contributed by atoms with Gasteiger partial charge in [-0.1, -0.05) is 30.7 Å². The molecule has 1 aromatic carbocycles. The molecule has 1 rings (SSSR count). The van der Waals surface area contributed by atoms with Crippen molar-refractivity contribution in [1.29, 1.82) is 5.26 Å². The Kier molecular flexibility index (Phi) is 3.62. The van der Waals surface area contributed by atoms with Gasteiger partial charge in [-0.3, -0.25) is 4.79 Å². The number of carbonyl (C=O) groups is 1. The third-order valence-electron chi connectivity index (χ3n) is 2.53. The van der Waals surface area contributed by atoms with Gasteiger partial charge in [0.2, 0.25) is 0 Å². The largest absolute Gasteiger partial charge is 0.293 e. The molecular formula is C13H15NO. The maximum atomic E-state index is 11.9. The minimum absolute atomic E-state index is 0.0579. The molecule has 0 saturated carbocycles. The van der Waals surface area contributed by atoms with Crippen LogP contribution in [0.3, 0.4) is 0 Å². The number of nitriles is 1. The zero-order valence-corrected chi connectivity index (χ0v) is 9.37. The lowest BCUT2D eigenvalue weighted by Crippen LogP contribution is -2.13. The van der Waals surface area contributed by atoms with Crippen LogP contribution in [-0.4, -0.2) is 5.78 Å². The van der Waals surface area contributed by atoms with Crippen molar-refractivity contribution in [3.63, 3.8) is 0 Å². The summed E-state index contributed by atoms with van der Waals surface area (Å²) in [5.74, 6) is -0.566. The zero-order chi connectivity index (χ0) is 11.4. The number of hydrogen-bond donors (Lipinski definition) is 0. The van der Waals surface area contributed by atoms with E-state index in [1.165, 1.54) is 0 Å². The topological polar surface area (TPSA) is 40.9 Å². The molecule has 0 spiro atoms. The summed E-state index contributed by atoms with van der Waals surface area (Å²) < 4.78 is 0. The fourth-order valence-corrected chi connectivity index (χ4v) is 1.61. The van der Waals surface area contributed by atoms with E-state index in [9.17, 15) is 4.79 Å². The molecule has 0 fully saturated rings. The molecule has 0 aliphatic rings. The number of Topliss-reactive ketones (excluding diaryl/α,β-unsaturated/α-hetero) is 1. The van der Waals surface area contributed by atoms with Crippen LogP contribution in [0.5, 0.6) is 0 Å². The molecule has 1 aromatic rings. The average Bonchev–Trinajstić information content (AvgIpc) is 2.19. The van der Waals surface area contributed by atoms with Gasteiger partial charge >= 0.3 is 0 Å². The molecule has 0 heterocycles. The molecule has 0 saturated heterocycles. The summed E-state index contributed by atoms with van der Waals surface area (Å²) in [6, 6.07) is 7.73. The Morgan fingerprint density at radius 3 is 2.60 bits per heavy atom. The monoisotopic (exact) mass is 201 g/mol. The first-order valence-corrected chi connectivity index (χ1v) is 5.11. The van der Waals surface area contributed by atoms with Crippen LogP contribution in [0.25, 0.3) is 0 Å². The molecule has 0 aliphatic heterocycles. The van der Waals surface area contributed by atoms with Gasteiger partial charge < -0.3 is 0 Å². The molecule has 1 unspecified atom stereocenters. The van der Waals surface area contributed by atoms with Crippen molar-refractivity contribution in [3.05, 3.63) is 34.9 Å². The summed E-state index contributed by atoms with van der Waals surface area (Å²) >= 11 is 0.